The fraction of sp³-hybridized carbons (Fsp3) is 0.583. The lowest BCUT2D eigenvalue weighted by molar-refractivity contribution is 0.204. The quantitative estimate of drug-likeness (QED) is 0.885. The van der Waals surface area contributed by atoms with Gasteiger partial charge in [-0.3, -0.25) is 0 Å². The third-order valence-corrected chi connectivity index (χ3v) is 5.64. The zero-order valence-electron chi connectivity index (χ0n) is 10.7. The SMILES string of the molecule is CC1CCCC(C)N1S(=O)(=O)c1cccnc1N. The molecule has 0 saturated carbocycles. The van der Waals surface area contributed by atoms with Gasteiger partial charge in [0.25, 0.3) is 0 Å². The number of pyridine rings is 1. The van der Waals surface area contributed by atoms with E-state index in [1.807, 2.05) is 13.8 Å². The molecule has 1 aromatic rings. The van der Waals surface area contributed by atoms with Gasteiger partial charge in [-0.1, -0.05) is 6.42 Å². The second-order valence-electron chi connectivity index (χ2n) is 4.85. The molecule has 0 radical (unpaired) electrons. The molecule has 0 spiro atoms. The summed E-state index contributed by atoms with van der Waals surface area (Å²) in [5.74, 6) is 0.0717. The summed E-state index contributed by atoms with van der Waals surface area (Å²) in [6.07, 6.45) is 4.35. The predicted molar refractivity (Wildman–Crippen MR) is 70.4 cm³/mol. The molecule has 5 nitrogen and oxygen atoms in total. The molecule has 2 heterocycles. The van der Waals surface area contributed by atoms with E-state index in [-0.39, 0.29) is 22.8 Å². The van der Waals surface area contributed by atoms with Crippen LogP contribution in [-0.2, 0) is 10.0 Å². The Kier molecular flexibility index (Phi) is 3.59. The summed E-state index contributed by atoms with van der Waals surface area (Å²) in [5.41, 5.74) is 5.69. The first-order valence-corrected chi connectivity index (χ1v) is 7.62. The minimum atomic E-state index is -3.55. The highest BCUT2D eigenvalue weighted by molar-refractivity contribution is 7.89. The van der Waals surface area contributed by atoms with Gasteiger partial charge in [-0.25, -0.2) is 13.4 Å². The van der Waals surface area contributed by atoms with Gasteiger partial charge < -0.3 is 5.73 Å². The van der Waals surface area contributed by atoms with Crippen LogP contribution >= 0.6 is 0 Å². The second kappa shape index (κ2) is 4.85. The number of hydrogen-bond donors (Lipinski definition) is 1. The van der Waals surface area contributed by atoms with Crippen LogP contribution in [0.1, 0.15) is 33.1 Å². The first kappa shape index (κ1) is 13.3. The van der Waals surface area contributed by atoms with E-state index >= 15 is 0 Å². The molecule has 0 bridgehead atoms. The summed E-state index contributed by atoms with van der Waals surface area (Å²) in [6.45, 7) is 3.89. The number of sulfonamides is 1. The highest BCUT2D eigenvalue weighted by atomic mass is 32.2. The predicted octanol–water partition coefficient (Wildman–Crippen LogP) is 1.62. The fourth-order valence-electron chi connectivity index (χ4n) is 2.61. The molecule has 0 amide bonds. The molecule has 0 aliphatic carbocycles. The molecular weight excluding hydrogens is 250 g/mol. The van der Waals surface area contributed by atoms with Crippen molar-refractivity contribution in [2.75, 3.05) is 5.73 Å². The molecule has 1 saturated heterocycles. The van der Waals surface area contributed by atoms with Crippen LogP contribution in [0.15, 0.2) is 23.2 Å². The second-order valence-corrected chi connectivity index (χ2v) is 6.66. The van der Waals surface area contributed by atoms with Gasteiger partial charge in [-0.05, 0) is 38.8 Å². The van der Waals surface area contributed by atoms with Crippen LogP contribution in [0.2, 0.25) is 0 Å². The average molecular weight is 269 g/mol. The molecule has 0 aromatic carbocycles. The highest BCUT2D eigenvalue weighted by Crippen LogP contribution is 2.30. The Morgan fingerprint density at radius 2 is 1.94 bits per heavy atom. The lowest BCUT2D eigenvalue weighted by Gasteiger charge is -2.37. The van der Waals surface area contributed by atoms with Crippen LogP contribution in [-0.4, -0.2) is 29.8 Å². The zero-order valence-corrected chi connectivity index (χ0v) is 11.5. The summed E-state index contributed by atoms with van der Waals surface area (Å²) in [4.78, 5) is 3.98. The van der Waals surface area contributed by atoms with Crippen LogP contribution in [0, 0.1) is 0 Å². The van der Waals surface area contributed by atoms with Crippen LogP contribution < -0.4 is 5.73 Å². The lowest BCUT2D eigenvalue weighted by atomic mass is 10.0. The Morgan fingerprint density at radius 1 is 1.33 bits per heavy atom. The minimum Gasteiger partial charge on any atom is -0.383 e. The Labute approximate surface area is 108 Å². The fourth-order valence-corrected chi connectivity index (χ4v) is 4.56. The van der Waals surface area contributed by atoms with Gasteiger partial charge in [0.2, 0.25) is 10.0 Å². The average Bonchev–Trinajstić information content (AvgIpc) is 2.28. The molecule has 1 aromatic heterocycles. The summed E-state index contributed by atoms with van der Waals surface area (Å²) in [5, 5.41) is 0. The zero-order chi connectivity index (χ0) is 13.3. The summed E-state index contributed by atoms with van der Waals surface area (Å²) in [6, 6.07) is 3.14. The van der Waals surface area contributed by atoms with Gasteiger partial charge in [0, 0.05) is 18.3 Å². The van der Waals surface area contributed by atoms with Gasteiger partial charge in [-0.15, -0.1) is 0 Å². The largest absolute Gasteiger partial charge is 0.383 e. The molecule has 100 valence electrons. The first-order chi connectivity index (χ1) is 8.44. The van der Waals surface area contributed by atoms with Crippen molar-refractivity contribution in [1.82, 2.24) is 9.29 Å². The van der Waals surface area contributed by atoms with Crippen LogP contribution in [0.3, 0.4) is 0 Å². The lowest BCUT2D eigenvalue weighted by Crippen LogP contribution is -2.47. The number of hydrogen-bond acceptors (Lipinski definition) is 4. The van der Waals surface area contributed by atoms with Crippen molar-refractivity contribution in [3.63, 3.8) is 0 Å². The normalized spacial score (nSPS) is 26.1. The van der Waals surface area contributed by atoms with E-state index in [4.69, 9.17) is 5.73 Å². The molecule has 1 aliphatic heterocycles. The van der Waals surface area contributed by atoms with E-state index in [9.17, 15) is 8.42 Å². The van der Waals surface area contributed by atoms with Crippen molar-refractivity contribution in [2.24, 2.45) is 0 Å². The molecule has 1 fully saturated rings. The molecule has 2 atom stereocenters. The van der Waals surface area contributed by atoms with E-state index in [2.05, 4.69) is 4.98 Å². The van der Waals surface area contributed by atoms with E-state index < -0.39 is 10.0 Å². The molecular formula is C12H19N3O2S. The van der Waals surface area contributed by atoms with E-state index in [0.717, 1.165) is 19.3 Å². The van der Waals surface area contributed by atoms with Crippen molar-refractivity contribution in [3.05, 3.63) is 18.3 Å². The van der Waals surface area contributed by atoms with Gasteiger partial charge >= 0.3 is 0 Å². The highest BCUT2D eigenvalue weighted by Gasteiger charge is 2.36. The Bertz CT molecular complexity index is 520. The Hall–Kier alpha value is -1.14. The van der Waals surface area contributed by atoms with Crippen LogP contribution in [0.5, 0.6) is 0 Å². The summed E-state index contributed by atoms with van der Waals surface area (Å²) >= 11 is 0. The monoisotopic (exact) mass is 269 g/mol. The van der Waals surface area contributed by atoms with Crippen LogP contribution in [0.25, 0.3) is 0 Å². The maximum atomic E-state index is 12.6. The van der Waals surface area contributed by atoms with E-state index in [1.165, 1.54) is 12.3 Å². The van der Waals surface area contributed by atoms with Crippen molar-refractivity contribution in [1.29, 1.82) is 0 Å². The number of aromatic nitrogens is 1. The molecule has 6 heteroatoms. The maximum Gasteiger partial charge on any atom is 0.247 e. The summed E-state index contributed by atoms with van der Waals surface area (Å²) < 4.78 is 26.8. The number of nitrogens with two attached hydrogens (primary N) is 1. The maximum absolute atomic E-state index is 12.6. The van der Waals surface area contributed by atoms with E-state index in [0.29, 0.717) is 0 Å². The van der Waals surface area contributed by atoms with Crippen LogP contribution in [0.4, 0.5) is 5.82 Å². The standard InChI is InChI=1S/C12H19N3O2S/c1-9-5-3-6-10(2)15(9)18(16,17)11-7-4-8-14-12(11)13/h4,7-10H,3,5-6H2,1-2H3,(H2,13,14). The molecule has 2 N–H and O–H groups in total. The molecule has 18 heavy (non-hydrogen) atoms. The number of nitrogens with zero attached hydrogens (tertiary/aromatic N) is 2. The number of rotatable bonds is 2. The Balaban J connectivity index is 2.45. The third-order valence-electron chi connectivity index (χ3n) is 3.47. The van der Waals surface area contributed by atoms with Crippen molar-refractivity contribution >= 4 is 15.8 Å². The molecule has 1 aliphatic rings. The van der Waals surface area contributed by atoms with Gasteiger partial charge in [0.15, 0.2) is 0 Å². The third kappa shape index (κ3) is 2.22. The molecule has 2 unspecified atom stereocenters. The van der Waals surface area contributed by atoms with E-state index in [1.54, 1.807) is 10.4 Å². The number of piperidine rings is 1. The van der Waals surface area contributed by atoms with Crippen molar-refractivity contribution < 1.29 is 8.42 Å². The summed E-state index contributed by atoms with van der Waals surface area (Å²) in [7, 11) is -3.55. The van der Waals surface area contributed by atoms with Gasteiger partial charge in [-0.2, -0.15) is 4.31 Å². The van der Waals surface area contributed by atoms with Crippen molar-refractivity contribution in [3.8, 4) is 0 Å². The molecule has 2 rings (SSSR count). The Morgan fingerprint density at radius 3 is 2.50 bits per heavy atom. The topological polar surface area (TPSA) is 76.3 Å². The van der Waals surface area contributed by atoms with Crippen molar-refractivity contribution in [2.45, 2.75) is 50.1 Å². The smallest absolute Gasteiger partial charge is 0.247 e. The minimum absolute atomic E-state index is 0.0124. The van der Waals surface area contributed by atoms with Gasteiger partial charge in [0.1, 0.15) is 10.7 Å². The van der Waals surface area contributed by atoms with Gasteiger partial charge in [0.05, 0.1) is 0 Å². The number of anilines is 1. The first-order valence-electron chi connectivity index (χ1n) is 6.18. The number of nitrogen functional groups attached to an aromatic ring is 1.